The Morgan fingerprint density at radius 3 is 2.24 bits per heavy atom. The lowest BCUT2D eigenvalue weighted by molar-refractivity contribution is 0.101. The molecule has 3 aromatic carbocycles. The SMILES string of the molecule is Cc1ccc(NC(=O)c2ccccc2)cc1NC(=O)c1cccc(CN2CCN(C)CC2)c1. The highest BCUT2D eigenvalue weighted by atomic mass is 16.2. The van der Waals surface area contributed by atoms with E-state index in [0.717, 1.165) is 43.9 Å². The number of nitrogens with zero attached hydrogens (tertiary/aromatic N) is 2. The quantitative estimate of drug-likeness (QED) is 0.599. The third-order valence-corrected chi connectivity index (χ3v) is 5.97. The predicted molar refractivity (Wildman–Crippen MR) is 133 cm³/mol. The molecule has 4 rings (SSSR count). The van der Waals surface area contributed by atoms with Gasteiger partial charge in [-0.25, -0.2) is 0 Å². The number of carbonyl (C=O) groups excluding carboxylic acids is 2. The summed E-state index contributed by atoms with van der Waals surface area (Å²) in [7, 11) is 2.15. The van der Waals surface area contributed by atoms with Crippen LogP contribution in [0.25, 0.3) is 0 Å². The van der Waals surface area contributed by atoms with E-state index in [4.69, 9.17) is 0 Å². The summed E-state index contributed by atoms with van der Waals surface area (Å²) in [6.45, 7) is 6.98. The maximum atomic E-state index is 13.0. The first-order chi connectivity index (χ1) is 16.0. The molecule has 1 fully saturated rings. The van der Waals surface area contributed by atoms with Gasteiger partial charge in [-0.2, -0.15) is 0 Å². The first-order valence-corrected chi connectivity index (χ1v) is 11.3. The van der Waals surface area contributed by atoms with Crippen molar-refractivity contribution in [2.75, 3.05) is 43.9 Å². The molecule has 0 saturated carbocycles. The molecule has 0 aliphatic carbocycles. The number of hydrogen-bond acceptors (Lipinski definition) is 4. The second kappa shape index (κ2) is 10.4. The van der Waals surface area contributed by atoms with Gasteiger partial charge in [0, 0.05) is 55.2 Å². The minimum absolute atomic E-state index is 0.162. The molecule has 1 aliphatic rings. The molecule has 1 heterocycles. The second-order valence-electron chi connectivity index (χ2n) is 8.58. The molecule has 0 bridgehead atoms. The number of benzene rings is 3. The Balaban J connectivity index is 1.43. The van der Waals surface area contributed by atoms with Gasteiger partial charge < -0.3 is 15.5 Å². The highest BCUT2D eigenvalue weighted by Gasteiger charge is 2.15. The maximum Gasteiger partial charge on any atom is 0.255 e. The smallest absolute Gasteiger partial charge is 0.255 e. The van der Waals surface area contributed by atoms with Gasteiger partial charge in [-0.1, -0.05) is 36.4 Å². The van der Waals surface area contributed by atoms with Crippen LogP contribution in [0.3, 0.4) is 0 Å². The van der Waals surface area contributed by atoms with E-state index in [1.807, 2.05) is 55.5 Å². The minimum atomic E-state index is -0.187. The van der Waals surface area contributed by atoms with E-state index in [-0.39, 0.29) is 11.8 Å². The fraction of sp³-hybridized carbons (Fsp3) is 0.259. The van der Waals surface area contributed by atoms with E-state index < -0.39 is 0 Å². The molecule has 0 spiro atoms. The fourth-order valence-corrected chi connectivity index (χ4v) is 3.90. The lowest BCUT2D eigenvalue weighted by Gasteiger charge is -2.32. The average Bonchev–Trinajstić information content (AvgIpc) is 2.83. The highest BCUT2D eigenvalue weighted by molar-refractivity contribution is 6.06. The first-order valence-electron chi connectivity index (χ1n) is 11.3. The molecular formula is C27H30N4O2. The molecule has 170 valence electrons. The molecular weight excluding hydrogens is 412 g/mol. The predicted octanol–water partition coefficient (Wildman–Crippen LogP) is 4.25. The summed E-state index contributed by atoms with van der Waals surface area (Å²) < 4.78 is 0. The first kappa shape index (κ1) is 22.7. The lowest BCUT2D eigenvalue weighted by atomic mass is 10.1. The molecule has 6 heteroatoms. The van der Waals surface area contributed by atoms with Gasteiger partial charge in [0.25, 0.3) is 11.8 Å². The zero-order valence-electron chi connectivity index (χ0n) is 19.2. The number of carbonyl (C=O) groups is 2. The van der Waals surface area contributed by atoms with Crippen molar-refractivity contribution >= 4 is 23.2 Å². The van der Waals surface area contributed by atoms with E-state index in [0.29, 0.717) is 22.5 Å². The molecule has 1 aliphatic heterocycles. The molecule has 33 heavy (non-hydrogen) atoms. The third-order valence-electron chi connectivity index (χ3n) is 5.97. The van der Waals surface area contributed by atoms with Crippen LogP contribution in [0.2, 0.25) is 0 Å². The average molecular weight is 443 g/mol. The Morgan fingerprint density at radius 1 is 0.788 bits per heavy atom. The Hall–Kier alpha value is -3.48. The van der Waals surface area contributed by atoms with Gasteiger partial charge in [-0.05, 0) is 61.5 Å². The van der Waals surface area contributed by atoms with Crippen LogP contribution in [-0.2, 0) is 6.54 Å². The van der Waals surface area contributed by atoms with E-state index in [2.05, 4.69) is 33.5 Å². The van der Waals surface area contributed by atoms with E-state index in [1.54, 1.807) is 18.2 Å². The van der Waals surface area contributed by atoms with Crippen LogP contribution in [0, 0.1) is 6.92 Å². The van der Waals surface area contributed by atoms with Crippen LogP contribution in [0.15, 0.2) is 72.8 Å². The molecule has 3 aromatic rings. The minimum Gasteiger partial charge on any atom is -0.322 e. The van der Waals surface area contributed by atoms with Crippen LogP contribution in [0.5, 0.6) is 0 Å². The van der Waals surface area contributed by atoms with Crippen molar-refractivity contribution in [3.8, 4) is 0 Å². The zero-order valence-corrected chi connectivity index (χ0v) is 19.2. The van der Waals surface area contributed by atoms with Crippen molar-refractivity contribution in [2.24, 2.45) is 0 Å². The van der Waals surface area contributed by atoms with Crippen LogP contribution in [-0.4, -0.2) is 54.8 Å². The molecule has 0 radical (unpaired) electrons. The summed E-state index contributed by atoms with van der Waals surface area (Å²) in [5, 5.41) is 5.90. The zero-order chi connectivity index (χ0) is 23.2. The summed E-state index contributed by atoms with van der Waals surface area (Å²) in [5.74, 6) is -0.349. The number of anilines is 2. The van der Waals surface area contributed by atoms with Gasteiger partial charge in [0.15, 0.2) is 0 Å². The molecule has 6 nitrogen and oxygen atoms in total. The standard InChI is InChI=1S/C27H30N4O2/c1-20-11-12-24(28-26(32)22-8-4-3-5-9-22)18-25(20)29-27(33)23-10-6-7-21(17-23)19-31-15-13-30(2)14-16-31/h3-12,17-18H,13-16,19H2,1-2H3,(H,28,32)(H,29,33). The molecule has 0 unspecified atom stereocenters. The summed E-state index contributed by atoms with van der Waals surface area (Å²) in [5.41, 5.74) is 4.58. The van der Waals surface area contributed by atoms with Crippen molar-refractivity contribution in [3.63, 3.8) is 0 Å². The van der Waals surface area contributed by atoms with Crippen molar-refractivity contribution in [2.45, 2.75) is 13.5 Å². The van der Waals surface area contributed by atoms with Crippen molar-refractivity contribution < 1.29 is 9.59 Å². The lowest BCUT2D eigenvalue weighted by Crippen LogP contribution is -2.43. The summed E-state index contributed by atoms with van der Waals surface area (Å²) in [6.07, 6.45) is 0. The second-order valence-corrected chi connectivity index (χ2v) is 8.58. The number of amides is 2. The van der Waals surface area contributed by atoms with Crippen LogP contribution in [0.1, 0.15) is 31.8 Å². The molecule has 0 aromatic heterocycles. The summed E-state index contributed by atoms with van der Waals surface area (Å²) >= 11 is 0. The van der Waals surface area contributed by atoms with Gasteiger partial charge >= 0.3 is 0 Å². The summed E-state index contributed by atoms with van der Waals surface area (Å²) in [4.78, 5) is 30.2. The van der Waals surface area contributed by atoms with Crippen LogP contribution < -0.4 is 10.6 Å². The monoisotopic (exact) mass is 442 g/mol. The molecule has 0 atom stereocenters. The number of hydrogen-bond donors (Lipinski definition) is 2. The van der Waals surface area contributed by atoms with Gasteiger partial charge in [0.05, 0.1) is 0 Å². The number of nitrogens with one attached hydrogen (secondary N) is 2. The topological polar surface area (TPSA) is 64.7 Å². The largest absolute Gasteiger partial charge is 0.322 e. The fourth-order valence-electron chi connectivity index (χ4n) is 3.90. The van der Waals surface area contributed by atoms with E-state index >= 15 is 0 Å². The van der Waals surface area contributed by atoms with Crippen molar-refractivity contribution in [1.82, 2.24) is 9.80 Å². The van der Waals surface area contributed by atoms with Gasteiger partial charge in [-0.15, -0.1) is 0 Å². The third kappa shape index (κ3) is 6.06. The van der Waals surface area contributed by atoms with E-state index in [1.165, 1.54) is 0 Å². The van der Waals surface area contributed by atoms with E-state index in [9.17, 15) is 9.59 Å². The highest BCUT2D eigenvalue weighted by Crippen LogP contribution is 2.22. The number of likely N-dealkylation sites (N-methyl/N-ethyl adjacent to an activating group) is 1. The van der Waals surface area contributed by atoms with Gasteiger partial charge in [0.1, 0.15) is 0 Å². The Bertz CT molecular complexity index is 1120. The Morgan fingerprint density at radius 2 is 1.48 bits per heavy atom. The summed E-state index contributed by atoms with van der Waals surface area (Å²) in [6, 6.07) is 22.4. The van der Waals surface area contributed by atoms with Crippen molar-refractivity contribution in [1.29, 1.82) is 0 Å². The van der Waals surface area contributed by atoms with Crippen LogP contribution >= 0.6 is 0 Å². The molecule has 2 amide bonds. The number of aryl methyl sites for hydroxylation is 1. The van der Waals surface area contributed by atoms with Crippen LogP contribution in [0.4, 0.5) is 11.4 Å². The van der Waals surface area contributed by atoms with Gasteiger partial charge in [-0.3, -0.25) is 14.5 Å². The Kier molecular flexibility index (Phi) is 7.17. The van der Waals surface area contributed by atoms with Crippen molar-refractivity contribution in [3.05, 3.63) is 95.1 Å². The Labute approximate surface area is 195 Å². The number of rotatable bonds is 6. The number of piperazine rings is 1. The maximum absolute atomic E-state index is 13.0. The molecule has 2 N–H and O–H groups in total. The van der Waals surface area contributed by atoms with Gasteiger partial charge in [0.2, 0.25) is 0 Å². The molecule has 1 saturated heterocycles. The normalized spacial score (nSPS) is 14.6.